The molecule has 0 N–H and O–H groups in total. The van der Waals surface area contributed by atoms with Gasteiger partial charge >= 0.3 is 0 Å². The molecule has 0 atom stereocenters. The molecule has 1 rings (SSSR count). The summed E-state index contributed by atoms with van der Waals surface area (Å²) in [6.07, 6.45) is 1.74. The molecule has 86 valence electrons. The highest BCUT2D eigenvalue weighted by Crippen LogP contribution is 2.27. The Bertz CT molecular complexity index is 391. The van der Waals surface area contributed by atoms with E-state index in [2.05, 4.69) is 11.8 Å². The Morgan fingerprint density at radius 3 is 2.56 bits per heavy atom. The molecule has 0 saturated heterocycles. The van der Waals surface area contributed by atoms with E-state index in [4.69, 9.17) is 21.1 Å². The van der Waals surface area contributed by atoms with Gasteiger partial charge in [0.05, 0.1) is 14.2 Å². The third-order valence-electron chi connectivity index (χ3n) is 2.05. The van der Waals surface area contributed by atoms with Crippen molar-refractivity contribution in [3.8, 4) is 23.3 Å². The number of alkyl halides is 1. The molecule has 0 fully saturated rings. The first-order chi connectivity index (χ1) is 7.81. The average Bonchev–Trinajstić information content (AvgIpc) is 2.34. The lowest BCUT2D eigenvalue weighted by molar-refractivity contribution is 0.355. The number of hydrogen-bond donors (Lipinski definition) is 0. The van der Waals surface area contributed by atoms with E-state index in [0.717, 1.165) is 18.4 Å². The zero-order valence-corrected chi connectivity index (χ0v) is 10.3. The molecule has 0 aliphatic heterocycles. The Morgan fingerprint density at radius 1 is 1.19 bits per heavy atom. The maximum Gasteiger partial charge on any atom is 0.161 e. The van der Waals surface area contributed by atoms with Gasteiger partial charge in [0.1, 0.15) is 0 Å². The van der Waals surface area contributed by atoms with Gasteiger partial charge in [0.2, 0.25) is 0 Å². The highest BCUT2D eigenvalue weighted by molar-refractivity contribution is 6.17. The number of halogens is 1. The van der Waals surface area contributed by atoms with Crippen LogP contribution in [0.3, 0.4) is 0 Å². The topological polar surface area (TPSA) is 18.5 Å². The Labute approximate surface area is 102 Å². The van der Waals surface area contributed by atoms with Crippen LogP contribution in [0, 0.1) is 11.8 Å². The van der Waals surface area contributed by atoms with Crippen LogP contribution in [0.25, 0.3) is 0 Å². The molecule has 2 nitrogen and oxygen atoms in total. The van der Waals surface area contributed by atoms with Crippen LogP contribution in [-0.2, 0) is 0 Å². The molecule has 0 aliphatic carbocycles. The fraction of sp³-hybridized carbons (Fsp3) is 0.385. The van der Waals surface area contributed by atoms with E-state index in [0.29, 0.717) is 17.4 Å². The number of methoxy groups -OCH3 is 2. The molecule has 0 radical (unpaired) electrons. The van der Waals surface area contributed by atoms with E-state index in [1.54, 1.807) is 14.2 Å². The summed E-state index contributed by atoms with van der Waals surface area (Å²) in [5, 5.41) is 0. The van der Waals surface area contributed by atoms with Gasteiger partial charge in [-0.3, -0.25) is 0 Å². The number of ether oxygens (including phenoxy) is 2. The lowest BCUT2D eigenvalue weighted by Gasteiger charge is -2.06. The third-order valence-corrected chi connectivity index (χ3v) is 2.32. The van der Waals surface area contributed by atoms with Crippen molar-refractivity contribution < 1.29 is 9.47 Å². The van der Waals surface area contributed by atoms with Crippen LogP contribution in [0.4, 0.5) is 0 Å². The minimum Gasteiger partial charge on any atom is -0.493 e. The van der Waals surface area contributed by atoms with Crippen LogP contribution in [0.1, 0.15) is 18.4 Å². The van der Waals surface area contributed by atoms with Gasteiger partial charge in [0, 0.05) is 17.9 Å². The fourth-order valence-corrected chi connectivity index (χ4v) is 1.37. The normalized spacial score (nSPS) is 9.19. The summed E-state index contributed by atoms with van der Waals surface area (Å²) in [6, 6.07) is 5.63. The van der Waals surface area contributed by atoms with Crippen LogP contribution in [-0.4, -0.2) is 20.1 Å². The summed E-state index contributed by atoms with van der Waals surface area (Å²) in [5.74, 6) is 8.19. The molecular weight excluding hydrogens is 224 g/mol. The minimum absolute atomic E-state index is 0.653. The van der Waals surface area contributed by atoms with Crippen LogP contribution in [0.15, 0.2) is 18.2 Å². The van der Waals surface area contributed by atoms with Crippen LogP contribution in [0.2, 0.25) is 0 Å². The summed E-state index contributed by atoms with van der Waals surface area (Å²) >= 11 is 5.57. The lowest BCUT2D eigenvalue weighted by atomic mass is 10.2. The van der Waals surface area contributed by atoms with Gasteiger partial charge in [-0.1, -0.05) is 11.8 Å². The van der Waals surface area contributed by atoms with Gasteiger partial charge in [-0.05, 0) is 24.6 Å². The summed E-state index contributed by atoms with van der Waals surface area (Å²) < 4.78 is 10.3. The number of hydrogen-bond acceptors (Lipinski definition) is 2. The first-order valence-corrected chi connectivity index (χ1v) is 5.62. The van der Waals surface area contributed by atoms with Crippen molar-refractivity contribution in [1.82, 2.24) is 0 Å². The highest BCUT2D eigenvalue weighted by atomic mass is 35.5. The SMILES string of the molecule is COc1ccc(C#CCCCCl)cc1OC. The van der Waals surface area contributed by atoms with Crippen molar-refractivity contribution >= 4 is 11.6 Å². The molecule has 0 aliphatic rings. The molecular formula is C13H15ClO2. The second kappa shape index (κ2) is 7.03. The molecule has 16 heavy (non-hydrogen) atoms. The quantitative estimate of drug-likeness (QED) is 0.456. The van der Waals surface area contributed by atoms with Crippen LogP contribution < -0.4 is 9.47 Å². The van der Waals surface area contributed by atoms with Gasteiger partial charge in [-0.15, -0.1) is 11.6 Å². The van der Waals surface area contributed by atoms with Gasteiger partial charge in [0.25, 0.3) is 0 Å². The molecule has 3 heteroatoms. The first kappa shape index (κ1) is 12.7. The van der Waals surface area contributed by atoms with E-state index < -0.39 is 0 Å². The van der Waals surface area contributed by atoms with E-state index in [1.807, 2.05) is 18.2 Å². The Hall–Kier alpha value is -1.33. The number of rotatable bonds is 4. The molecule has 0 spiro atoms. The van der Waals surface area contributed by atoms with Gasteiger partial charge < -0.3 is 9.47 Å². The van der Waals surface area contributed by atoms with E-state index in [-0.39, 0.29) is 0 Å². The Morgan fingerprint density at radius 2 is 1.94 bits per heavy atom. The van der Waals surface area contributed by atoms with Crippen molar-refractivity contribution in [3.05, 3.63) is 23.8 Å². The monoisotopic (exact) mass is 238 g/mol. The second-order valence-electron chi connectivity index (χ2n) is 3.16. The molecule has 0 saturated carbocycles. The molecule has 0 unspecified atom stereocenters. The molecule has 0 amide bonds. The third kappa shape index (κ3) is 3.67. The number of unbranched alkanes of at least 4 members (excludes halogenated alkanes) is 1. The van der Waals surface area contributed by atoms with E-state index in [1.165, 1.54) is 0 Å². The largest absolute Gasteiger partial charge is 0.493 e. The highest BCUT2D eigenvalue weighted by Gasteiger charge is 2.02. The molecule has 0 aromatic heterocycles. The Balaban J connectivity index is 2.77. The summed E-state index contributed by atoms with van der Waals surface area (Å²) in [6.45, 7) is 0. The fourth-order valence-electron chi connectivity index (χ4n) is 1.23. The second-order valence-corrected chi connectivity index (χ2v) is 3.54. The predicted octanol–water partition coefficient (Wildman–Crippen LogP) is 3.07. The summed E-state index contributed by atoms with van der Waals surface area (Å²) in [4.78, 5) is 0. The predicted molar refractivity (Wildman–Crippen MR) is 66.4 cm³/mol. The van der Waals surface area contributed by atoms with Crippen LogP contribution in [0.5, 0.6) is 11.5 Å². The van der Waals surface area contributed by atoms with Gasteiger partial charge in [-0.25, -0.2) is 0 Å². The summed E-state index contributed by atoms with van der Waals surface area (Å²) in [7, 11) is 3.23. The van der Waals surface area contributed by atoms with E-state index in [9.17, 15) is 0 Å². The van der Waals surface area contributed by atoms with Crippen molar-refractivity contribution in [2.75, 3.05) is 20.1 Å². The lowest BCUT2D eigenvalue weighted by Crippen LogP contribution is -1.90. The van der Waals surface area contributed by atoms with Crippen LogP contribution >= 0.6 is 11.6 Å². The maximum atomic E-state index is 5.57. The molecule has 0 bridgehead atoms. The number of benzene rings is 1. The van der Waals surface area contributed by atoms with Crippen molar-refractivity contribution in [2.45, 2.75) is 12.8 Å². The zero-order chi connectivity index (χ0) is 11.8. The van der Waals surface area contributed by atoms with Gasteiger partial charge in [0.15, 0.2) is 11.5 Å². The van der Waals surface area contributed by atoms with Crippen molar-refractivity contribution in [3.63, 3.8) is 0 Å². The Kier molecular flexibility index (Phi) is 5.60. The van der Waals surface area contributed by atoms with Gasteiger partial charge in [-0.2, -0.15) is 0 Å². The van der Waals surface area contributed by atoms with E-state index >= 15 is 0 Å². The molecule has 1 aromatic carbocycles. The average molecular weight is 239 g/mol. The first-order valence-electron chi connectivity index (χ1n) is 5.08. The summed E-state index contributed by atoms with van der Waals surface area (Å²) in [5.41, 5.74) is 0.923. The van der Waals surface area contributed by atoms with Crippen molar-refractivity contribution in [2.24, 2.45) is 0 Å². The smallest absolute Gasteiger partial charge is 0.161 e. The maximum absolute atomic E-state index is 5.57. The minimum atomic E-state index is 0.653. The van der Waals surface area contributed by atoms with Crippen molar-refractivity contribution in [1.29, 1.82) is 0 Å². The zero-order valence-electron chi connectivity index (χ0n) is 9.55. The standard InChI is InChI=1S/C13H15ClO2/c1-15-12-8-7-11(10-13(12)16-2)6-4-3-5-9-14/h7-8,10H,3,5,9H2,1-2H3. The molecule has 0 heterocycles. The molecule has 1 aromatic rings.